The predicted molar refractivity (Wildman–Crippen MR) is 91.8 cm³/mol. The van der Waals surface area contributed by atoms with Crippen LogP contribution in [-0.2, 0) is 10.0 Å². The molecule has 0 saturated heterocycles. The lowest BCUT2D eigenvalue weighted by Gasteiger charge is -2.29. The van der Waals surface area contributed by atoms with Gasteiger partial charge in [0.25, 0.3) is 5.91 Å². The largest absolute Gasteiger partial charge is 0.351 e. The first kappa shape index (κ1) is 17.9. The van der Waals surface area contributed by atoms with Crippen LogP contribution in [0.15, 0.2) is 30.3 Å². The van der Waals surface area contributed by atoms with E-state index in [-0.39, 0.29) is 11.9 Å². The Hall–Kier alpha value is -1.40. The Morgan fingerprint density at radius 2 is 1.74 bits per heavy atom. The highest BCUT2D eigenvalue weighted by molar-refractivity contribution is 7.88. The smallest absolute Gasteiger partial charge is 0.251 e. The van der Waals surface area contributed by atoms with Gasteiger partial charge >= 0.3 is 0 Å². The van der Waals surface area contributed by atoms with E-state index in [0.717, 1.165) is 25.7 Å². The maximum absolute atomic E-state index is 12.1. The van der Waals surface area contributed by atoms with Gasteiger partial charge in [0.15, 0.2) is 0 Å². The Labute approximate surface area is 139 Å². The SMILES string of the molecule is CS(=O)(=O)N(CCNC(=O)c1ccccc1)C1CCCCCC1. The molecule has 1 amide bonds. The van der Waals surface area contributed by atoms with Crippen molar-refractivity contribution in [1.82, 2.24) is 9.62 Å². The molecule has 0 heterocycles. The van der Waals surface area contributed by atoms with Crippen LogP contribution < -0.4 is 5.32 Å². The standard InChI is InChI=1S/C17H26N2O3S/c1-23(21,22)19(16-11-7-2-3-8-12-16)14-13-18-17(20)15-9-5-4-6-10-15/h4-6,9-10,16H,2-3,7-8,11-14H2,1H3,(H,18,20). The molecule has 0 aliphatic heterocycles. The first-order chi connectivity index (χ1) is 11.0. The average molecular weight is 338 g/mol. The monoisotopic (exact) mass is 338 g/mol. The molecule has 1 aliphatic rings. The van der Waals surface area contributed by atoms with Crippen LogP contribution in [0.25, 0.3) is 0 Å². The summed E-state index contributed by atoms with van der Waals surface area (Å²) in [4.78, 5) is 12.0. The van der Waals surface area contributed by atoms with Gasteiger partial charge in [0.2, 0.25) is 10.0 Å². The van der Waals surface area contributed by atoms with Gasteiger partial charge in [-0.05, 0) is 25.0 Å². The lowest BCUT2D eigenvalue weighted by atomic mass is 10.1. The molecule has 128 valence electrons. The van der Waals surface area contributed by atoms with Crippen molar-refractivity contribution in [1.29, 1.82) is 0 Å². The molecule has 0 atom stereocenters. The summed E-state index contributed by atoms with van der Waals surface area (Å²) in [5, 5.41) is 2.81. The van der Waals surface area contributed by atoms with E-state index in [4.69, 9.17) is 0 Å². The Bertz CT molecular complexity index is 594. The minimum Gasteiger partial charge on any atom is -0.351 e. The molecule has 1 saturated carbocycles. The minimum atomic E-state index is -3.26. The molecular formula is C17H26N2O3S. The fraction of sp³-hybridized carbons (Fsp3) is 0.588. The maximum atomic E-state index is 12.1. The zero-order valence-electron chi connectivity index (χ0n) is 13.7. The van der Waals surface area contributed by atoms with E-state index in [1.165, 1.54) is 19.1 Å². The van der Waals surface area contributed by atoms with Crippen molar-refractivity contribution >= 4 is 15.9 Å². The summed E-state index contributed by atoms with van der Waals surface area (Å²) < 4.78 is 25.8. The predicted octanol–water partition coefficient (Wildman–Crippen LogP) is 2.40. The molecule has 0 spiro atoms. The van der Waals surface area contributed by atoms with Crippen molar-refractivity contribution in [2.24, 2.45) is 0 Å². The highest BCUT2D eigenvalue weighted by Gasteiger charge is 2.26. The van der Waals surface area contributed by atoms with Crippen molar-refractivity contribution < 1.29 is 13.2 Å². The Balaban J connectivity index is 1.92. The lowest BCUT2D eigenvalue weighted by molar-refractivity contribution is 0.0950. The first-order valence-electron chi connectivity index (χ1n) is 8.28. The summed E-state index contributed by atoms with van der Waals surface area (Å²) in [6.07, 6.45) is 7.61. The van der Waals surface area contributed by atoms with Gasteiger partial charge in [-0.3, -0.25) is 4.79 Å². The normalized spacial score (nSPS) is 17.0. The molecular weight excluding hydrogens is 312 g/mol. The minimum absolute atomic E-state index is 0.0705. The highest BCUT2D eigenvalue weighted by Crippen LogP contribution is 2.23. The van der Waals surface area contributed by atoms with Crippen LogP contribution in [0.4, 0.5) is 0 Å². The van der Waals surface area contributed by atoms with Gasteiger partial charge < -0.3 is 5.32 Å². The van der Waals surface area contributed by atoms with Gasteiger partial charge in [-0.25, -0.2) is 8.42 Å². The molecule has 0 unspecified atom stereocenters. The van der Waals surface area contributed by atoms with Crippen molar-refractivity contribution in [3.8, 4) is 0 Å². The van der Waals surface area contributed by atoms with Crippen LogP contribution in [-0.4, -0.2) is 44.0 Å². The van der Waals surface area contributed by atoms with Crippen LogP contribution in [0.2, 0.25) is 0 Å². The third-order valence-electron chi connectivity index (χ3n) is 4.31. The van der Waals surface area contributed by atoms with Gasteiger partial charge in [0.05, 0.1) is 6.26 Å². The molecule has 23 heavy (non-hydrogen) atoms. The second-order valence-corrected chi connectivity index (χ2v) is 8.08. The van der Waals surface area contributed by atoms with Crippen molar-refractivity contribution in [2.75, 3.05) is 19.3 Å². The maximum Gasteiger partial charge on any atom is 0.251 e. The molecule has 1 aliphatic carbocycles. The number of carbonyl (C=O) groups is 1. The third kappa shape index (κ3) is 5.62. The Kier molecular flexibility index (Phi) is 6.59. The molecule has 0 aromatic heterocycles. The van der Waals surface area contributed by atoms with Crippen LogP contribution in [0.5, 0.6) is 0 Å². The number of rotatable bonds is 6. The van der Waals surface area contributed by atoms with Gasteiger partial charge in [0.1, 0.15) is 0 Å². The topological polar surface area (TPSA) is 66.5 Å². The number of hydrogen-bond acceptors (Lipinski definition) is 3. The van der Waals surface area contributed by atoms with Gasteiger partial charge in [-0.1, -0.05) is 43.9 Å². The first-order valence-corrected chi connectivity index (χ1v) is 10.1. The number of nitrogens with zero attached hydrogens (tertiary/aromatic N) is 1. The summed E-state index contributed by atoms with van der Waals surface area (Å²) in [5.41, 5.74) is 0.591. The molecule has 1 fully saturated rings. The number of sulfonamides is 1. The van der Waals surface area contributed by atoms with Crippen LogP contribution >= 0.6 is 0 Å². The Morgan fingerprint density at radius 1 is 1.13 bits per heavy atom. The van der Waals surface area contributed by atoms with Crippen LogP contribution in [0.3, 0.4) is 0 Å². The number of carbonyl (C=O) groups excluding carboxylic acids is 1. The molecule has 2 rings (SSSR count). The number of benzene rings is 1. The van der Waals surface area contributed by atoms with E-state index < -0.39 is 10.0 Å². The summed E-state index contributed by atoms with van der Waals surface area (Å²) in [7, 11) is -3.26. The third-order valence-corrected chi connectivity index (χ3v) is 5.64. The van der Waals surface area contributed by atoms with E-state index in [2.05, 4.69) is 5.32 Å². The second kappa shape index (κ2) is 8.45. The molecule has 1 aromatic carbocycles. The van der Waals surface area contributed by atoms with E-state index in [0.29, 0.717) is 18.7 Å². The number of hydrogen-bond donors (Lipinski definition) is 1. The molecule has 5 nitrogen and oxygen atoms in total. The average Bonchev–Trinajstić information content (AvgIpc) is 2.80. The summed E-state index contributed by atoms with van der Waals surface area (Å²) >= 11 is 0. The van der Waals surface area contributed by atoms with Crippen molar-refractivity contribution in [3.05, 3.63) is 35.9 Å². The zero-order valence-corrected chi connectivity index (χ0v) is 14.5. The van der Waals surface area contributed by atoms with Gasteiger partial charge in [-0.2, -0.15) is 4.31 Å². The van der Waals surface area contributed by atoms with Crippen molar-refractivity contribution in [3.63, 3.8) is 0 Å². The summed E-state index contributed by atoms with van der Waals surface area (Å²) in [6.45, 7) is 0.666. The molecule has 1 N–H and O–H groups in total. The van der Waals surface area contributed by atoms with Gasteiger partial charge in [0, 0.05) is 24.7 Å². The van der Waals surface area contributed by atoms with Crippen LogP contribution in [0.1, 0.15) is 48.9 Å². The fourth-order valence-corrected chi connectivity index (χ4v) is 4.31. The molecule has 0 bridgehead atoms. The molecule has 6 heteroatoms. The molecule has 0 radical (unpaired) electrons. The summed E-state index contributed by atoms with van der Waals surface area (Å²) in [6, 6.07) is 9.03. The van der Waals surface area contributed by atoms with Crippen molar-refractivity contribution in [2.45, 2.75) is 44.6 Å². The number of amides is 1. The van der Waals surface area contributed by atoms with Crippen LogP contribution in [0, 0.1) is 0 Å². The van der Waals surface area contributed by atoms with E-state index in [9.17, 15) is 13.2 Å². The lowest BCUT2D eigenvalue weighted by Crippen LogP contribution is -2.44. The highest BCUT2D eigenvalue weighted by atomic mass is 32.2. The fourth-order valence-electron chi connectivity index (χ4n) is 3.14. The second-order valence-electron chi connectivity index (χ2n) is 6.14. The Morgan fingerprint density at radius 3 is 2.30 bits per heavy atom. The van der Waals surface area contributed by atoms with Gasteiger partial charge in [-0.15, -0.1) is 0 Å². The summed E-state index contributed by atoms with van der Waals surface area (Å²) in [5.74, 6) is -0.167. The quantitative estimate of drug-likeness (QED) is 0.810. The number of nitrogens with one attached hydrogen (secondary N) is 1. The molecule has 1 aromatic rings. The van der Waals surface area contributed by atoms with E-state index in [1.54, 1.807) is 16.4 Å². The van der Waals surface area contributed by atoms with E-state index in [1.807, 2.05) is 18.2 Å². The zero-order chi connectivity index (χ0) is 16.7. The van der Waals surface area contributed by atoms with E-state index >= 15 is 0 Å².